The molecule has 0 aromatic rings. The number of hydrogen-bond acceptors (Lipinski definition) is 2. The summed E-state index contributed by atoms with van der Waals surface area (Å²) in [6.07, 6.45) is 7.20. The van der Waals surface area contributed by atoms with Crippen LogP contribution in [-0.4, -0.2) is 23.5 Å². The molecule has 4 nitrogen and oxygen atoms in total. The van der Waals surface area contributed by atoms with Crippen LogP contribution >= 0.6 is 0 Å². The van der Waals surface area contributed by atoms with E-state index in [1.165, 1.54) is 12.8 Å². The van der Waals surface area contributed by atoms with Crippen LogP contribution in [-0.2, 0) is 9.59 Å². The van der Waals surface area contributed by atoms with Crippen molar-refractivity contribution in [3.8, 4) is 0 Å². The molecule has 0 spiro atoms. The summed E-state index contributed by atoms with van der Waals surface area (Å²) in [5.41, 5.74) is 0. The molecule has 3 rings (SSSR count). The van der Waals surface area contributed by atoms with Crippen molar-refractivity contribution < 1.29 is 14.7 Å². The number of carbonyl (C=O) groups excluding carboxylic acids is 1. The summed E-state index contributed by atoms with van der Waals surface area (Å²) in [5.74, 6) is -0.897. The fraction of sp³-hybridized carbons (Fsp3) is 0.692. The van der Waals surface area contributed by atoms with E-state index in [9.17, 15) is 14.7 Å². The van der Waals surface area contributed by atoms with Crippen molar-refractivity contribution in [3.05, 3.63) is 12.2 Å². The van der Waals surface area contributed by atoms with Gasteiger partial charge in [0.2, 0.25) is 5.91 Å². The third-order valence-electron chi connectivity index (χ3n) is 4.31. The number of amides is 1. The number of fused-ring (bicyclic) bond motifs is 2. The highest BCUT2D eigenvalue weighted by molar-refractivity contribution is 5.86. The molecule has 1 amide bonds. The maximum Gasteiger partial charge on any atom is 0.307 e. The summed E-state index contributed by atoms with van der Waals surface area (Å²) in [7, 11) is 0. The monoisotopic (exact) mass is 235 g/mol. The number of hydrogen-bond donors (Lipinski definition) is 2. The molecule has 0 heterocycles. The molecule has 0 aromatic carbocycles. The summed E-state index contributed by atoms with van der Waals surface area (Å²) in [6.45, 7) is 0.725. The van der Waals surface area contributed by atoms with E-state index in [-0.39, 0.29) is 23.7 Å². The number of rotatable bonds is 4. The van der Waals surface area contributed by atoms with E-state index in [1.807, 2.05) is 12.2 Å². The topological polar surface area (TPSA) is 66.4 Å². The highest BCUT2D eigenvalue weighted by Gasteiger charge is 2.51. The molecular formula is C13H17NO3. The first-order chi connectivity index (χ1) is 8.16. The van der Waals surface area contributed by atoms with Gasteiger partial charge in [-0.2, -0.15) is 0 Å². The lowest BCUT2D eigenvalue weighted by Crippen LogP contribution is -2.40. The van der Waals surface area contributed by atoms with Crippen molar-refractivity contribution in [2.45, 2.75) is 19.3 Å². The SMILES string of the molecule is O=C(O)C1C2C=CC(C2)C1C(=O)NCC1CC1. The van der Waals surface area contributed by atoms with Crippen LogP contribution in [0.1, 0.15) is 19.3 Å². The lowest BCUT2D eigenvalue weighted by atomic mass is 9.82. The quantitative estimate of drug-likeness (QED) is 0.715. The minimum Gasteiger partial charge on any atom is -0.481 e. The average Bonchev–Trinajstić information content (AvgIpc) is 2.90. The van der Waals surface area contributed by atoms with Crippen molar-refractivity contribution in [3.63, 3.8) is 0 Å². The number of nitrogens with one attached hydrogen (secondary N) is 1. The zero-order valence-electron chi connectivity index (χ0n) is 9.63. The van der Waals surface area contributed by atoms with Gasteiger partial charge in [-0.3, -0.25) is 9.59 Å². The third-order valence-corrected chi connectivity index (χ3v) is 4.31. The van der Waals surface area contributed by atoms with E-state index in [2.05, 4.69) is 5.32 Å². The van der Waals surface area contributed by atoms with Crippen LogP contribution in [0.3, 0.4) is 0 Å². The lowest BCUT2D eigenvalue weighted by Gasteiger charge is -2.23. The van der Waals surface area contributed by atoms with E-state index in [0.717, 1.165) is 13.0 Å². The van der Waals surface area contributed by atoms with Crippen LogP contribution in [0.5, 0.6) is 0 Å². The van der Waals surface area contributed by atoms with Gasteiger partial charge in [0.15, 0.2) is 0 Å². The summed E-state index contributed by atoms with van der Waals surface area (Å²) in [6, 6.07) is 0. The van der Waals surface area contributed by atoms with Crippen molar-refractivity contribution in [1.29, 1.82) is 0 Å². The van der Waals surface area contributed by atoms with Crippen molar-refractivity contribution in [2.24, 2.45) is 29.6 Å². The van der Waals surface area contributed by atoms with Gasteiger partial charge in [-0.1, -0.05) is 12.2 Å². The van der Waals surface area contributed by atoms with Crippen molar-refractivity contribution in [1.82, 2.24) is 5.32 Å². The van der Waals surface area contributed by atoms with Gasteiger partial charge in [-0.25, -0.2) is 0 Å². The third kappa shape index (κ3) is 1.85. The van der Waals surface area contributed by atoms with E-state index in [0.29, 0.717) is 5.92 Å². The second-order valence-corrected chi connectivity index (χ2v) is 5.53. The Balaban J connectivity index is 1.69. The normalized spacial score (nSPS) is 38.4. The molecule has 2 saturated carbocycles. The Bertz CT molecular complexity index is 386. The van der Waals surface area contributed by atoms with E-state index in [1.54, 1.807) is 0 Å². The van der Waals surface area contributed by atoms with Gasteiger partial charge >= 0.3 is 5.97 Å². The molecule has 2 fully saturated rings. The fourth-order valence-corrected chi connectivity index (χ4v) is 3.20. The van der Waals surface area contributed by atoms with Gasteiger partial charge in [0.25, 0.3) is 0 Å². The van der Waals surface area contributed by atoms with Gasteiger partial charge in [-0.15, -0.1) is 0 Å². The van der Waals surface area contributed by atoms with Crippen LogP contribution in [0, 0.1) is 29.6 Å². The molecule has 0 aromatic heterocycles. The molecule has 3 aliphatic carbocycles. The maximum absolute atomic E-state index is 12.1. The smallest absolute Gasteiger partial charge is 0.307 e. The first kappa shape index (κ1) is 10.8. The van der Waals surface area contributed by atoms with E-state index >= 15 is 0 Å². The van der Waals surface area contributed by atoms with Gasteiger partial charge in [-0.05, 0) is 37.0 Å². The largest absolute Gasteiger partial charge is 0.481 e. The number of carboxylic acids is 1. The molecular weight excluding hydrogens is 218 g/mol. The number of carboxylic acid groups (broad SMARTS) is 1. The molecule has 2 N–H and O–H groups in total. The van der Waals surface area contributed by atoms with Gasteiger partial charge in [0, 0.05) is 6.54 Å². The van der Waals surface area contributed by atoms with Crippen LogP contribution in [0.2, 0.25) is 0 Å². The van der Waals surface area contributed by atoms with Crippen molar-refractivity contribution in [2.75, 3.05) is 6.54 Å². The molecule has 3 aliphatic rings. The van der Waals surface area contributed by atoms with Gasteiger partial charge < -0.3 is 10.4 Å². The summed E-state index contributed by atoms with van der Waals surface area (Å²) >= 11 is 0. The zero-order valence-corrected chi connectivity index (χ0v) is 9.63. The lowest BCUT2D eigenvalue weighted by molar-refractivity contribution is -0.147. The number of allylic oxidation sites excluding steroid dienone is 2. The average molecular weight is 235 g/mol. The second kappa shape index (κ2) is 3.86. The predicted molar refractivity (Wildman–Crippen MR) is 61.1 cm³/mol. The Kier molecular flexibility index (Phi) is 2.45. The molecule has 0 saturated heterocycles. The molecule has 2 bridgehead atoms. The summed E-state index contributed by atoms with van der Waals surface area (Å²) in [4.78, 5) is 23.3. The summed E-state index contributed by atoms with van der Waals surface area (Å²) < 4.78 is 0. The van der Waals surface area contributed by atoms with Gasteiger partial charge in [0.1, 0.15) is 0 Å². The molecule has 4 heteroatoms. The minimum absolute atomic E-state index is 0.0545. The highest BCUT2D eigenvalue weighted by atomic mass is 16.4. The number of aliphatic carboxylic acids is 1. The zero-order chi connectivity index (χ0) is 12.0. The van der Waals surface area contributed by atoms with Crippen LogP contribution in [0.15, 0.2) is 12.2 Å². The standard InChI is InChI=1S/C13H17NO3/c15-12(14-6-7-1-2-7)10-8-3-4-9(5-8)11(10)13(16)17/h3-4,7-11H,1-2,5-6H2,(H,14,15)(H,16,17). The Morgan fingerprint density at radius 2 is 1.82 bits per heavy atom. The molecule has 4 unspecified atom stereocenters. The van der Waals surface area contributed by atoms with Crippen LogP contribution in [0.25, 0.3) is 0 Å². The molecule has 0 radical (unpaired) electrons. The molecule has 17 heavy (non-hydrogen) atoms. The van der Waals surface area contributed by atoms with E-state index in [4.69, 9.17) is 0 Å². The predicted octanol–water partition coefficient (Wildman–Crippen LogP) is 1.04. The van der Waals surface area contributed by atoms with Crippen molar-refractivity contribution >= 4 is 11.9 Å². The Hall–Kier alpha value is -1.32. The van der Waals surface area contributed by atoms with E-state index < -0.39 is 11.9 Å². The minimum atomic E-state index is -0.826. The molecule has 0 aliphatic heterocycles. The molecule has 92 valence electrons. The van der Waals surface area contributed by atoms with Crippen LogP contribution in [0.4, 0.5) is 0 Å². The van der Waals surface area contributed by atoms with Crippen LogP contribution < -0.4 is 5.32 Å². The first-order valence-electron chi connectivity index (χ1n) is 6.35. The molecule has 4 atom stereocenters. The first-order valence-corrected chi connectivity index (χ1v) is 6.35. The second-order valence-electron chi connectivity index (χ2n) is 5.53. The Labute approximate surface area is 100 Å². The summed E-state index contributed by atoms with van der Waals surface area (Å²) in [5, 5.41) is 12.2. The van der Waals surface area contributed by atoms with Gasteiger partial charge in [0.05, 0.1) is 11.8 Å². The Morgan fingerprint density at radius 1 is 1.18 bits per heavy atom. The highest BCUT2D eigenvalue weighted by Crippen LogP contribution is 2.48. The fourth-order valence-electron chi connectivity index (χ4n) is 3.20. The Morgan fingerprint density at radius 3 is 2.41 bits per heavy atom. The maximum atomic E-state index is 12.1. The number of carbonyl (C=O) groups is 2.